The molecule has 2 heteroatoms. The van der Waals surface area contributed by atoms with Crippen LogP contribution < -0.4 is 5.73 Å². The Morgan fingerprint density at radius 1 is 1.13 bits per heavy atom. The maximum absolute atomic E-state index is 6.49. The van der Waals surface area contributed by atoms with Gasteiger partial charge in [-0.15, -0.1) is 0 Å². The lowest BCUT2D eigenvalue weighted by molar-refractivity contribution is 0.465. The highest BCUT2D eigenvalue weighted by atomic mass is 14.8. The van der Waals surface area contributed by atoms with Crippen molar-refractivity contribution < 1.29 is 0 Å². The van der Waals surface area contributed by atoms with Gasteiger partial charge >= 0.3 is 0 Å². The molecule has 1 aliphatic carbocycles. The molecule has 1 aromatic carbocycles. The van der Waals surface area contributed by atoms with Crippen LogP contribution in [0.2, 0.25) is 0 Å². The molecule has 0 spiro atoms. The lowest BCUT2D eigenvalue weighted by Gasteiger charge is -2.24. The predicted octanol–water partition coefficient (Wildman–Crippen LogP) is 2.90. The minimum Gasteiger partial charge on any atom is -0.361 e. The molecule has 0 saturated heterocycles. The van der Waals surface area contributed by atoms with Gasteiger partial charge in [-0.05, 0) is 29.9 Å². The third kappa shape index (κ3) is 1.29. The summed E-state index contributed by atoms with van der Waals surface area (Å²) in [7, 11) is 0. The number of benzene rings is 1. The standard InChI is InChI=1S/C13H16N2/c14-13(7-1-2-8-13)11-5-3-4-10-6-9-15-12(10)11/h3-6,9,15H,1-2,7-8,14H2. The number of hydrogen-bond donors (Lipinski definition) is 2. The van der Waals surface area contributed by atoms with Crippen molar-refractivity contribution in [1.82, 2.24) is 4.98 Å². The Hall–Kier alpha value is -1.28. The van der Waals surface area contributed by atoms with E-state index in [1.165, 1.54) is 29.3 Å². The third-order valence-electron chi connectivity index (χ3n) is 3.62. The van der Waals surface area contributed by atoms with Crippen molar-refractivity contribution in [1.29, 1.82) is 0 Å². The van der Waals surface area contributed by atoms with Crippen molar-refractivity contribution in [3.8, 4) is 0 Å². The van der Waals surface area contributed by atoms with Crippen molar-refractivity contribution in [2.75, 3.05) is 0 Å². The fourth-order valence-corrected chi connectivity index (χ4v) is 2.78. The van der Waals surface area contributed by atoms with Crippen LogP contribution >= 0.6 is 0 Å². The van der Waals surface area contributed by atoms with Crippen molar-refractivity contribution >= 4 is 10.9 Å². The third-order valence-corrected chi connectivity index (χ3v) is 3.62. The van der Waals surface area contributed by atoms with Gasteiger partial charge in [0.15, 0.2) is 0 Å². The largest absolute Gasteiger partial charge is 0.361 e. The van der Waals surface area contributed by atoms with Crippen LogP contribution in [0.15, 0.2) is 30.5 Å². The Bertz CT molecular complexity index is 478. The number of nitrogens with one attached hydrogen (secondary N) is 1. The van der Waals surface area contributed by atoms with Crippen LogP contribution in [-0.4, -0.2) is 4.98 Å². The number of aromatic nitrogens is 1. The van der Waals surface area contributed by atoms with E-state index in [2.05, 4.69) is 29.2 Å². The molecule has 0 unspecified atom stereocenters. The number of rotatable bonds is 1. The molecule has 1 saturated carbocycles. The zero-order chi connectivity index (χ0) is 10.3. The second-order valence-corrected chi connectivity index (χ2v) is 4.61. The van der Waals surface area contributed by atoms with E-state index >= 15 is 0 Å². The molecule has 1 fully saturated rings. The van der Waals surface area contributed by atoms with Crippen LogP contribution in [0.3, 0.4) is 0 Å². The van der Waals surface area contributed by atoms with E-state index in [0.717, 1.165) is 12.8 Å². The van der Waals surface area contributed by atoms with E-state index in [4.69, 9.17) is 5.73 Å². The summed E-state index contributed by atoms with van der Waals surface area (Å²) in [6.45, 7) is 0. The smallest absolute Gasteiger partial charge is 0.0505 e. The monoisotopic (exact) mass is 200 g/mol. The summed E-state index contributed by atoms with van der Waals surface area (Å²) in [6.07, 6.45) is 6.74. The van der Waals surface area contributed by atoms with Crippen LogP contribution in [-0.2, 0) is 5.54 Å². The molecule has 2 nitrogen and oxygen atoms in total. The number of nitrogens with two attached hydrogens (primary N) is 1. The zero-order valence-corrected chi connectivity index (χ0v) is 8.79. The van der Waals surface area contributed by atoms with Crippen molar-refractivity contribution in [2.45, 2.75) is 31.2 Å². The molecule has 0 amide bonds. The maximum Gasteiger partial charge on any atom is 0.0505 e. The van der Waals surface area contributed by atoms with Gasteiger partial charge < -0.3 is 10.7 Å². The van der Waals surface area contributed by atoms with Crippen molar-refractivity contribution in [3.05, 3.63) is 36.0 Å². The first-order valence-electron chi connectivity index (χ1n) is 5.65. The first-order valence-corrected chi connectivity index (χ1v) is 5.65. The van der Waals surface area contributed by atoms with Gasteiger partial charge in [-0.1, -0.05) is 31.0 Å². The van der Waals surface area contributed by atoms with Gasteiger partial charge in [0.2, 0.25) is 0 Å². The molecule has 2 aromatic rings. The van der Waals surface area contributed by atoms with Crippen LogP contribution in [0, 0.1) is 0 Å². The molecule has 1 aliphatic rings. The van der Waals surface area contributed by atoms with E-state index < -0.39 is 0 Å². The predicted molar refractivity (Wildman–Crippen MR) is 62.6 cm³/mol. The molecule has 0 bridgehead atoms. The van der Waals surface area contributed by atoms with Crippen molar-refractivity contribution in [3.63, 3.8) is 0 Å². The number of fused-ring (bicyclic) bond motifs is 1. The topological polar surface area (TPSA) is 41.8 Å². The molecule has 15 heavy (non-hydrogen) atoms. The summed E-state index contributed by atoms with van der Waals surface area (Å²) in [5.41, 5.74) is 8.91. The molecule has 0 aliphatic heterocycles. The Balaban J connectivity index is 2.21. The Kier molecular flexibility index (Phi) is 1.86. The van der Waals surface area contributed by atoms with Gasteiger partial charge in [0.05, 0.1) is 5.52 Å². The first-order chi connectivity index (χ1) is 7.30. The summed E-state index contributed by atoms with van der Waals surface area (Å²) in [5.74, 6) is 0. The van der Waals surface area contributed by atoms with Crippen LogP contribution in [0.5, 0.6) is 0 Å². The number of hydrogen-bond acceptors (Lipinski definition) is 1. The average molecular weight is 200 g/mol. The molecular weight excluding hydrogens is 184 g/mol. The molecule has 0 radical (unpaired) electrons. The van der Waals surface area contributed by atoms with Crippen molar-refractivity contribution in [2.24, 2.45) is 5.73 Å². The molecule has 0 atom stereocenters. The normalized spacial score (nSPS) is 19.8. The maximum atomic E-state index is 6.49. The van der Waals surface area contributed by atoms with Crippen LogP contribution in [0.25, 0.3) is 10.9 Å². The van der Waals surface area contributed by atoms with E-state index in [9.17, 15) is 0 Å². The van der Waals surface area contributed by atoms with Gasteiger partial charge in [0.25, 0.3) is 0 Å². The van der Waals surface area contributed by atoms with Gasteiger partial charge in [0.1, 0.15) is 0 Å². The molecular formula is C13H16N2. The first kappa shape index (κ1) is 8.98. The quantitative estimate of drug-likeness (QED) is 0.730. The Morgan fingerprint density at radius 3 is 2.73 bits per heavy atom. The number of para-hydroxylation sites is 1. The van der Waals surface area contributed by atoms with E-state index in [0.29, 0.717) is 0 Å². The summed E-state index contributed by atoms with van der Waals surface area (Å²) < 4.78 is 0. The summed E-state index contributed by atoms with van der Waals surface area (Å²) in [6, 6.07) is 8.52. The average Bonchev–Trinajstić information content (AvgIpc) is 2.85. The molecule has 1 aromatic heterocycles. The molecule has 78 valence electrons. The van der Waals surface area contributed by atoms with Gasteiger partial charge in [-0.2, -0.15) is 0 Å². The molecule has 3 N–H and O–H groups in total. The summed E-state index contributed by atoms with van der Waals surface area (Å²) >= 11 is 0. The van der Waals surface area contributed by atoms with Gasteiger partial charge in [0, 0.05) is 11.7 Å². The fourth-order valence-electron chi connectivity index (χ4n) is 2.78. The van der Waals surface area contributed by atoms with Gasteiger partial charge in [-0.25, -0.2) is 0 Å². The molecule has 1 heterocycles. The summed E-state index contributed by atoms with van der Waals surface area (Å²) in [4.78, 5) is 3.31. The fraction of sp³-hybridized carbons (Fsp3) is 0.385. The highest BCUT2D eigenvalue weighted by molar-refractivity contribution is 5.83. The second-order valence-electron chi connectivity index (χ2n) is 4.61. The summed E-state index contributed by atoms with van der Waals surface area (Å²) in [5, 5.41) is 1.27. The van der Waals surface area contributed by atoms with E-state index in [-0.39, 0.29) is 5.54 Å². The highest BCUT2D eigenvalue weighted by Crippen LogP contribution is 2.38. The minimum absolute atomic E-state index is 0.0929. The zero-order valence-electron chi connectivity index (χ0n) is 8.79. The minimum atomic E-state index is -0.0929. The molecule has 3 rings (SSSR count). The number of H-pyrrole nitrogens is 1. The second kappa shape index (κ2) is 3.11. The SMILES string of the molecule is NC1(c2cccc3cc[nH]c23)CCCC1. The van der Waals surface area contributed by atoms with E-state index in [1.54, 1.807) is 0 Å². The van der Waals surface area contributed by atoms with Gasteiger partial charge in [-0.3, -0.25) is 0 Å². The van der Waals surface area contributed by atoms with Crippen LogP contribution in [0.1, 0.15) is 31.2 Å². The highest BCUT2D eigenvalue weighted by Gasteiger charge is 2.32. The van der Waals surface area contributed by atoms with E-state index in [1.807, 2.05) is 6.20 Å². The Labute approximate surface area is 89.5 Å². The van der Waals surface area contributed by atoms with Crippen LogP contribution in [0.4, 0.5) is 0 Å². The Morgan fingerprint density at radius 2 is 1.93 bits per heavy atom. The number of aromatic amines is 1. The lowest BCUT2D eigenvalue weighted by atomic mass is 9.88. The lowest BCUT2D eigenvalue weighted by Crippen LogP contribution is -2.33.